The molecule has 2 aromatic heterocycles. The number of hydrogen-bond donors (Lipinski definition) is 3. The molecule has 3 aliphatic rings. The lowest BCUT2D eigenvalue weighted by Gasteiger charge is -2.34. The molecule has 3 atom stereocenters. The molecule has 3 N–H and O–H groups in total. The molecular formula is C17H20N6O2. The number of rotatable bonds is 2. The van der Waals surface area contributed by atoms with E-state index >= 15 is 0 Å². The number of nitrogens with zero attached hydrogens (tertiary/aromatic N) is 4. The molecule has 1 saturated heterocycles. The van der Waals surface area contributed by atoms with Gasteiger partial charge in [-0.1, -0.05) is 0 Å². The minimum atomic E-state index is -1.06. The molecule has 8 nitrogen and oxygen atoms in total. The first-order valence-corrected chi connectivity index (χ1v) is 8.72. The summed E-state index contributed by atoms with van der Waals surface area (Å²) in [5.41, 5.74) is 2.80. The fourth-order valence-electron chi connectivity index (χ4n) is 4.33. The molecule has 2 aliphatic heterocycles. The van der Waals surface area contributed by atoms with E-state index in [-0.39, 0.29) is 5.91 Å². The van der Waals surface area contributed by atoms with Crippen LogP contribution < -0.4 is 15.5 Å². The molecule has 1 aliphatic carbocycles. The van der Waals surface area contributed by atoms with Crippen LogP contribution in [0.25, 0.3) is 11.2 Å². The lowest BCUT2D eigenvalue weighted by atomic mass is 9.98. The molecule has 2 aromatic rings. The first-order valence-electron chi connectivity index (χ1n) is 8.72. The zero-order valence-electron chi connectivity index (χ0n) is 13.7. The average Bonchev–Trinajstić information content (AvgIpc) is 3.20. The zero-order valence-corrected chi connectivity index (χ0v) is 13.7. The number of carbonyl (C=O) groups is 1. The molecule has 8 heteroatoms. The summed E-state index contributed by atoms with van der Waals surface area (Å²) in [6.07, 6.45) is 7.91. The van der Waals surface area contributed by atoms with E-state index in [9.17, 15) is 9.90 Å². The standard InChI is InChI=1S/C17H20N6O2/c24-16-12(7-19-17(25)20-16)13-6-14(15-18-3-4-23(15)21-13)22-8-10-1-2-11(5-10)9-22/h3-4,6-7,10-11,17,19,25H,1-2,5,8-9H2,(H,20,24). The van der Waals surface area contributed by atoms with Gasteiger partial charge in [0.2, 0.25) is 6.35 Å². The van der Waals surface area contributed by atoms with Crippen molar-refractivity contribution >= 4 is 22.8 Å². The van der Waals surface area contributed by atoms with Crippen LogP contribution in [0.5, 0.6) is 0 Å². The van der Waals surface area contributed by atoms with Crippen LogP contribution in [0.4, 0.5) is 5.69 Å². The largest absolute Gasteiger partial charge is 0.368 e. The summed E-state index contributed by atoms with van der Waals surface area (Å²) in [5, 5.41) is 19.2. The minimum Gasteiger partial charge on any atom is -0.368 e. The fourth-order valence-corrected chi connectivity index (χ4v) is 4.33. The number of aliphatic hydroxyl groups excluding tert-OH is 1. The first kappa shape index (κ1) is 14.7. The Morgan fingerprint density at radius 3 is 2.80 bits per heavy atom. The van der Waals surface area contributed by atoms with Gasteiger partial charge in [0.15, 0.2) is 5.65 Å². The van der Waals surface area contributed by atoms with Crippen molar-refractivity contribution in [1.29, 1.82) is 0 Å². The van der Waals surface area contributed by atoms with Crippen LogP contribution in [0.1, 0.15) is 25.0 Å². The van der Waals surface area contributed by atoms with Crippen LogP contribution in [0.2, 0.25) is 0 Å². The maximum absolute atomic E-state index is 12.2. The van der Waals surface area contributed by atoms with Crippen molar-refractivity contribution in [2.45, 2.75) is 25.6 Å². The number of anilines is 1. The lowest BCUT2D eigenvalue weighted by Crippen LogP contribution is -2.47. The maximum Gasteiger partial charge on any atom is 0.258 e. The van der Waals surface area contributed by atoms with Crippen LogP contribution >= 0.6 is 0 Å². The number of aliphatic hydroxyl groups is 1. The molecule has 1 saturated carbocycles. The van der Waals surface area contributed by atoms with Crippen molar-refractivity contribution < 1.29 is 9.90 Å². The predicted octanol–water partition coefficient (Wildman–Crippen LogP) is 0.302. The molecule has 25 heavy (non-hydrogen) atoms. The number of carbonyl (C=O) groups excluding carboxylic acids is 1. The molecule has 0 aromatic carbocycles. The van der Waals surface area contributed by atoms with Gasteiger partial charge in [-0.15, -0.1) is 0 Å². The lowest BCUT2D eigenvalue weighted by molar-refractivity contribution is -0.119. The van der Waals surface area contributed by atoms with E-state index in [1.165, 1.54) is 25.5 Å². The number of hydrogen-bond acceptors (Lipinski definition) is 6. The van der Waals surface area contributed by atoms with E-state index in [0.717, 1.165) is 36.3 Å². The van der Waals surface area contributed by atoms with E-state index in [1.807, 2.05) is 6.07 Å². The van der Waals surface area contributed by atoms with E-state index in [0.29, 0.717) is 11.3 Å². The van der Waals surface area contributed by atoms with Gasteiger partial charge in [0.05, 0.1) is 11.3 Å². The second kappa shape index (κ2) is 5.45. The molecule has 5 rings (SSSR count). The van der Waals surface area contributed by atoms with Crippen molar-refractivity contribution in [3.63, 3.8) is 0 Å². The van der Waals surface area contributed by atoms with Crippen LogP contribution in [0.3, 0.4) is 0 Å². The molecule has 4 heterocycles. The summed E-state index contributed by atoms with van der Waals surface area (Å²) in [6.45, 7) is 2.06. The Morgan fingerprint density at radius 2 is 2.04 bits per heavy atom. The normalized spacial score (nSPS) is 28.7. The van der Waals surface area contributed by atoms with Gasteiger partial charge in [-0.3, -0.25) is 4.79 Å². The first-order chi connectivity index (χ1) is 12.2. The average molecular weight is 340 g/mol. The third kappa shape index (κ3) is 2.44. The Kier molecular flexibility index (Phi) is 3.21. The van der Waals surface area contributed by atoms with Gasteiger partial charge in [-0.25, -0.2) is 9.50 Å². The molecule has 2 bridgehead atoms. The molecule has 0 radical (unpaired) electrons. The highest BCUT2D eigenvalue weighted by atomic mass is 16.3. The van der Waals surface area contributed by atoms with E-state index in [2.05, 4.69) is 25.6 Å². The second-order valence-corrected chi connectivity index (χ2v) is 7.16. The Labute approximate surface area is 144 Å². The number of nitrogens with one attached hydrogen (secondary N) is 2. The Morgan fingerprint density at radius 1 is 1.24 bits per heavy atom. The summed E-state index contributed by atoms with van der Waals surface area (Å²) < 4.78 is 1.72. The van der Waals surface area contributed by atoms with E-state index < -0.39 is 6.35 Å². The van der Waals surface area contributed by atoms with Crippen LogP contribution in [0.15, 0.2) is 24.7 Å². The fraction of sp³-hybridized carbons (Fsp3) is 0.471. The smallest absolute Gasteiger partial charge is 0.258 e. The molecule has 2 fully saturated rings. The van der Waals surface area contributed by atoms with Gasteiger partial charge in [0.1, 0.15) is 5.69 Å². The van der Waals surface area contributed by atoms with Gasteiger partial charge >= 0.3 is 0 Å². The van der Waals surface area contributed by atoms with Crippen molar-refractivity contribution in [2.75, 3.05) is 18.0 Å². The van der Waals surface area contributed by atoms with Crippen LogP contribution in [-0.4, -0.2) is 45.1 Å². The highest BCUT2D eigenvalue weighted by molar-refractivity contribution is 6.19. The number of fused-ring (bicyclic) bond motifs is 3. The molecular weight excluding hydrogens is 320 g/mol. The van der Waals surface area contributed by atoms with Crippen molar-refractivity contribution in [2.24, 2.45) is 11.8 Å². The summed E-state index contributed by atoms with van der Waals surface area (Å²) in [4.78, 5) is 19.1. The maximum atomic E-state index is 12.2. The molecule has 1 amide bonds. The SMILES string of the molecule is O=C1NC(O)NC=C1c1cc(N2CC3CCC(C3)C2)c2nccn2n1. The number of piperidine rings is 1. The third-order valence-electron chi connectivity index (χ3n) is 5.46. The van der Waals surface area contributed by atoms with Crippen molar-refractivity contribution in [3.05, 3.63) is 30.4 Å². The number of aromatic nitrogens is 3. The second-order valence-electron chi connectivity index (χ2n) is 7.16. The summed E-state index contributed by atoms with van der Waals surface area (Å²) >= 11 is 0. The highest BCUT2D eigenvalue weighted by Gasteiger charge is 2.34. The van der Waals surface area contributed by atoms with Crippen molar-refractivity contribution in [1.82, 2.24) is 25.2 Å². The monoisotopic (exact) mass is 340 g/mol. The number of amides is 1. The molecule has 0 spiro atoms. The quantitative estimate of drug-likeness (QED) is 0.728. The Hall–Kier alpha value is -2.61. The topological polar surface area (TPSA) is 94.8 Å². The zero-order chi connectivity index (χ0) is 17.0. The van der Waals surface area contributed by atoms with E-state index in [1.54, 1.807) is 16.9 Å². The minimum absolute atomic E-state index is 0.345. The van der Waals surface area contributed by atoms with Gasteiger partial charge in [0.25, 0.3) is 5.91 Å². The van der Waals surface area contributed by atoms with Crippen LogP contribution in [-0.2, 0) is 4.79 Å². The summed E-state index contributed by atoms with van der Waals surface area (Å²) in [7, 11) is 0. The van der Waals surface area contributed by atoms with Crippen molar-refractivity contribution in [3.8, 4) is 0 Å². The summed E-state index contributed by atoms with van der Waals surface area (Å²) in [6, 6.07) is 1.94. The predicted molar refractivity (Wildman–Crippen MR) is 91.3 cm³/mol. The van der Waals surface area contributed by atoms with Gasteiger partial charge < -0.3 is 20.6 Å². The van der Waals surface area contributed by atoms with Gasteiger partial charge in [0, 0.05) is 31.7 Å². The van der Waals surface area contributed by atoms with Gasteiger partial charge in [-0.05, 0) is 37.2 Å². The van der Waals surface area contributed by atoms with Gasteiger partial charge in [-0.2, -0.15) is 5.10 Å². The highest BCUT2D eigenvalue weighted by Crippen LogP contribution is 2.39. The summed E-state index contributed by atoms with van der Waals surface area (Å²) in [5.74, 6) is 1.15. The number of imidazole rings is 1. The molecule has 130 valence electrons. The van der Waals surface area contributed by atoms with Crippen LogP contribution in [0, 0.1) is 11.8 Å². The third-order valence-corrected chi connectivity index (χ3v) is 5.46. The Balaban J connectivity index is 1.59. The molecule has 3 unspecified atom stereocenters. The van der Waals surface area contributed by atoms with E-state index in [4.69, 9.17) is 0 Å². The Bertz CT molecular complexity index is 863.